The average molecular weight is 440 g/mol. The number of anilines is 1. The molecule has 0 spiro atoms. The van der Waals surface area contributed by atoms with Crippen LogP contribution in [0.1, 0.15) is 38.8 Å². The SMILES string of the molecule is CCc1ccc(CNC(=O)c2cc3ccccc3n(C(=O)Cc3ccc(N)cc3)c2=O)cc1. The molecule has 0 unspecified atom stereocenters. The van der Waals surface area contributed by atoms with Gasteiger partial charge in [0.2, 0.25) is 5.91 Å². The van der Waals surface area contributed by atoms with Gasteiger partial charge in [0, 0.05) is 12.2 Å². The lowest BCUT2D eigenvalue weighted by Gasteiger charge is -2.12. The molecule has 1 aromatic heterocycles. The van der Waals surface area contributed by atoms with E-state index in [0.29, 0.717) is 16.6 Å². The highest BCUT2D eigenvalue weighted by molar-refractivity contribution is 6.00. The zero-order valence-corrected chi connectivity index (χ0v) is 18.4. The van der Waals surface area contributed by atoms with Gasteiger partial charge in [-0.3, -0.25) is 14.4 Å². The molecule has 1 heterocycles. The number of pyridine rings is 1. The molecule has 33 heavy (non-hydrogen) atoms. The number of nitrogens with one attached hydrogen (secondary N) is 1. The zero-order chi connectivity index (χ0) is 23.4. The van der Waals surface area contributed by atoms with Gasteiger partial charge >= 0.3 is 0 Å². The van der Waals surface area contributed by atoms with E-state index in [1.165, 1.54) is 5.56 Å². The van der Waals surface area contributed by atoms with Crippen molar-refractivity contribution in [2.45, 2.75) is 26.3 Å². The van der Waals surface area contributed by atoms with Gasteiger partial charge in [-0.15, -0.1) is 0 Å². The summed E-state index contributed by atoms with van der Waals surface area (Å²) in [5.41, 5.74) is 8.96. The second-order valence-corrected chi connectivity index (χ2v) is 7.92. The highest BCUT2D eigenvalue weighted by Crippen LogP contribution is 2.15. The Bertz CT molecular complexity index is 1370. The molecule has 3 aromatic carbocycles. The molecule has 6 heteroatoms. The van der Waals surface area contributed by atoms with Gasteiger partial charge in [0.05, 0.1) is 11.9 Å². The van der Waals surface area contributed by atoms with Crippen molar-refractivity contribution in [3.8, 4) is 0 Å². The Hall–Kier alpha value is -4.19. The zero-order valence-electron chi connectivity index (χ0n) is 18.4. The van der Waals surface area contributed by atoms with E-state index in [0.717, 1.165) is 22.1 Å². The van der Waals surface area contributed by atoms with E-state index < -0.39 is 17.4 Å². The minimum absolute atomic E-state index is 0.0129. The topological polar surface area (TPSA) is 94.2 Å². The number of amides is 1. The van der Waals surface area contributed by atoms with Crippen LogP contribution in [-0.2, 0) is 19.4 Å². The average Bonchev–Trinajstić information content (AvgIpc) is 2.83. The molecular weight excluding hydrogens is 414 g/mol. The number of aryl methyl sites for hydroxylation is 1. The van der Waals surface area contributed by atoms with Gasteiger partial charge in [0.25, 0.3) is 11.5 Å². The minimum Gasteiger partial charge on any atom is -0.399 e. The summed E-state index contributed by atoms with van der Waals surface area (Å²) in [4.78, 5) is 39.3. The van der Waals surface area contributed by atoms with Crippen molar-refractivity contribution >= 4 is 28.4 Å². The molecular formula is C27H25N3O3. The number of rotatable bonds is 6. The number of benzene rings is 3. The van der Waals surface area contributed by atoms with Crippen LogP contribution in [0.5, 0.6) is 0 Å². The molecule has 0 atom stereocenters. The first-order valence-corrected chi connectivity index (χ1v) is 10.8. The molecule has 6 nitrogen and oxygen atoms in total. The van der Waals surface area contributed by atoms with Crippen molar-refractivity contribution < 1.29 is 9.59 Å². The van der Waals surface area contributed by atoms with Gasteiger partial charge in [-0.05, 0) is 52.8 Å². The Labute approximate surface area is 191 Å². The number of hydrogen-bond donors (Lipinski definition) is 2. The largest absolute Gasteiger partial charge is 0.399 e. The van der Waals surface area contributed by atoms with Crippen molar-refractivity contribution in [3.63, 3.8) is 0 Å². The van der Waals surface area contributed by atoms with Crippen LogP contribution in [-0.4, -0.2) is 16.4 Å². The summed E-state index contributed by atoms with van der Waals surface area (Å²) in [6.45, 7) is 2.37. The van der Waals surface area contributed by atoms with Crippen LogP contribution in [0.2, 0.25) is 0 Å². The van der Waals surface area contributed by atoms with E-state index in [1.54, 1.807) is 54.6 Å². The first kappa shape index (κ1) is 22.0. The monoisotopic (exact) mass is 439 g/mol. The number of nitrogens with zero attached hydrogens (tertiary/aromatic N) is 1. The van der Waals surface area contributed by atoms with E-state index in [-0.39, 0.29) is 18.5 Å². The van der Waals surface area contributed by atoms with Gasteiger partial charge in [0.1, 0.15) is 5.56 Å². The Morgan fingerprint density at radius 3 is 2.21 bits per heavy atom. The summed E-state index contributed by atoms with van der Waals surface area (Å²) >= 11 is 0. The van der Waals surface area contributed by atoms with Crippen LogP contribution in [0.25, 0.3) is 10.9 Å². The number of fused-ring (bicyclic) bond motifs is 1. The van der Waals surface area contributed by atoms with Gasteiger partial charge in [-0.1, -0.05) is 61.5 Å². The van der Waals surface area contributed by atoms with Crippen LogP contribution < -0.4 is 16.6 Å². The summed E-state index contributed by atoms with van der Waals surface area (Å²) < 4.78 is 1.09. The maximum atomic E-state index is 13.3. The van der Waals surface area contributed by atoms with Crippen LogP contribution >= 0.6 is 0 Å². The molecule has 4 aromatic rings. The van der Waals surface area contributed by atoms with Gasteiger partial charge in [-0.25, -0.2) is 4.57 Å². The van der Waals surface area contributed by atoms with Gasteiger partial charge < -0.3 is 11.1 Å². The Morgan fingerprint density at radius 1 is 0.879 bits per heavy atom. The molecule has 0 saturated carbocycles. The lowest BCUT2D eigenvalue weighted by atomic mass is 10.1. The number of aromatic nitrogens is 1. The number of carbonyl (C=O) groups excluding carboxylic acids is 2. The predicted octanol–water partition coefficient (Wildman–Crippen LogP) is 3.96. The molecule has 0 saturated heterocycles. The number of nitrogens with two attached hydrogens (primary N) is 1. The molecule has 166 valence electrons. The van der Waals surface area contributed by atoms with E-state index in [2.05, 4.69) is 12.2 Å². The normalized spacial score (nSPS) is 10.8. The third-order valence-corrected chi connectivity index (χ3v) is 5.62. The third-order valence-electron chi connectivity index (χ3n) is 5.62. The number of nitrogen functional groups attached to an aromatic ring is 1. The lowest BCUT2D eigenvalue weighted by Crippen LogP contribution is -2.36. The summed E-state index contributed by atoms with van der Waals surface area (Å²) in [5.74, 6) is -0.926. The summed E-state index contributed by atoms with van der Waals surface area (Å²) in [7, 11) is 0. The van der Waals surface area contributed by atoms with E-state index >= 15 is 0 Å². The van der Waals surface area contributed by atoms with Gasteiger partial charge in [0.15, 0.2) is 0 Å². The van der Waals surface area contributed by atoms with Crippen molar-refractivity contribution in [2.24, 2.45) is 0 Å². The fourth-order valence-electron chi connectivity index (χ4n) is 3.73. The molecule has 0 radical (unpaired) electrons. The Kier molecular flexibility index (Phi) is 6.36. The molecule has 0 aliphatic rings. The maximum Gasteiger partial charge on any atom is 0.270 e. The van der Waals surface area contributed by atoms with Crippen molar-refractivity contribution in [2.75, 3.05) is 5.73 Å². The first-order chi connectivity index (χ1) is 16.0. The first-order valence-electron chi connectivity index (χ1n) is 10.8. The molecule has 0 bridgehead atoms. The highest BCUT2D eigenvalue weighted by atomic mass is 16.2. The van der Waals surface area contributed by atoms with Crippen LogP contribution in [0.3, 0.4) is 0 Å². The quantitative estimate of drug-likeness (QED) is 0.445. The predicted molar refractivity (Wildman–Crippen MR) is 130 cm³/mol. The molecule has 4 rings (SSSR count). The Balaban J connectivity index is 1.65. The second kappa shape index (κ2) is 9.53. The summed E-state index contributed by atoms with van der Waals surface area (Å²) in [6.07, 6.45) is 0.951. The molecule has 0 aliphatic carbocycles. The van der Waals surface area contributed by atoms with Crippen LogP contribution in [0.4, 0.5) is 5.69 Å². The fraction of sp³-hybridized carbons (Fsp3) is 0.148. The molecule has 3 N–H and O–H groups in total. The smallest absolute Gasteiger partial charge is 0.270 e. The van der Waals surface area contributed by atoms with Crippen LogP contribution in [0, 0.1) is 0 Å². The Morgan fingerprint density at radius 2 is 1.52 bits per heavy atom. The summed E-state index contributed by atoms with van der Waals surface area (Å²) in [5, 5.41) is 3.44. The van der Waals surface area contributed by atoms with E-state index in [9.17, 15) is 14.4 Å². The van der Waals surface area contributed by atoms with Crippen molar-refractivity contribution in [1.82, 2.24) is 9.88 Å². The van der Waals surface area contributed by atoms with Crippen molar-refractivity contribution in [1.29, 1.82) is 0 Å². The van der Waals surface area contributed by atoms with Crippen molar-refractivity contribution in [3.05, 3.63) is 111 Å². The minimum atomic E-state index is -0.632. The molecule has 0 aliphatic heterocycles. The number of para-hydroxylation sites is 1. The van der Waals surface area contributed by atoms with E-state index in [4.69, 9.17) is 5.73 Å². The summed E-state index contributed by atoms with van der Waals surface area (Å²) in [6, 6.07) is 23.4. The molecule has 0 fully saturated rings. The number of carbonyl (C=O) groups is 2. The molecule has 1 amide bonds. The highest BCUT2D eigenvalue weighted by Gasteiger charge is 2.19. The third kappa shape index (κ3) is 4.85. The van der Waals surface area contributed by atoms with E-state index in [1.807, 2.05) is 24.3 Å². The van der Waals surface area contributed by atoms with Gasteiger partial charge in [-0.2, -0.15) is 0 Å². The maximum absolute atomic E-state index is 13.3. The lowest BCUT2D eigenvalue weighted by molar-refractivity contribution is 0.0914. The number of hydrogen-bond acceptors (Lipinski definition) is 4. The second-order valence-electron chi connectivity index (χ2n) is 7.92. The standard InChI is InChI=1S/C27H25N3O3/c1-2-18-7-9-20(10-8-18)17-29-26(32)23-16-21-5-3-4-6-24(21)30(27(23)33)25(31)15-19-11-13-22(28)14-12-19/h3-14,16H,2,15,17,28H2,1H3,(H,29,32). The fourth-order valence-corrected chi connectivity index (χ4v) is 3.73. The van der Waals surface area contributed by atoms with Crippen LogP contribution in [0.15, 0.2) is 83.7 Å².